The fourth-order valence-corrected chi connectivity index (χ4v) is 3.39. The van der Waals surface area contributed by atoms with E-state index in [9.17, 15) is 9.59 Å². The van der Waals surface area contributed by atoms with E-state index in [0.29, 0.717) is 18.8 Å². The van der Waals surface area contributed by atoms with E-state index in [4.69, 9.17) is 0 Å². The molecule has 24 heavy (non-hydrogen) atoms. The average molecular weight is 341 g/mol. The predicted octanol–water partition coefficient (Wildman–Crippen LogP) is 2.11. The summed E-state index contributed by atoms with van der Waals surface area (Å²) >= 11 is 1.54. The number of aromatic nitrogens is 2. The highest BCUT2D eigenvalue weighted by Gasteiger charge is 2.20. The van der Waals surface area contributed by atoms with Crippen molar-refractivity contribution in [1.82, 2.24) is 14.7 Å². The fourth-order valence-electron chi connectivity index (χ4n) is 2.67. The average Bonchev–Trinajstić information content (AvgIpc) is 3.24. The Morgan fingerprint density at radius 1 is 1.33 bits per heavy atom. The second-order valence-electron chi connectivity index (χ2n) is 5.48. The van der Waals surface area contributed by atoms with Gasteiger partial charge in [0.1, 0.15) is 0 Å². The first-order valence-corrected chi connectivity index (χ1v) is 8.43. The van der Waals surface area contributed by atoms with Gasteiger partial charge >= 0.3 is 6.03 Å². The summed E-state index contributed by atoms with van der Waals surface area (Å²) in [7, 11) is 0. The third-order valence-electron chi connectivity index (χ3n) is 3.80. The van der Waals surface area contributed by atoms with Crippen molar-refractivity contribution in [2.24, 2.45) is 0 Å². The number of nitrogens with one attached hydrogen (secondary N) is 2. The summed E-state index contributed by atoms with van der Waals surface area (Å²) in [5, 5.41) is 7.56. The maximum atomic E-state index is 12.1. The molecule has 7 nitrogen and oxygen atoms in total. The highest BCUT2D eigenvalue weighted by atomic mass is 32.1. The Hall–Kier alpha value is -2.87. The van der Waals surface area contributed by atoms with Gasteiger partial charge in [-0.3, -0.25) is 14.1 Å². The van der Waals surface area contributed by atoms with Crippen LogP contribution in [0.5, 0.6) is 0 Å². The van der Waals surface area contributed by atoms with Gasteiger partial charge in [-0.15, -0.1) is 11.3 Å². The summed E-state index contributed by atoms with van der Waals surface area (Å²) in [6, 6.07) is 7.15. The standard InChI is InChI=1S/C16H15N5O2S/c22-14(9-12-10-20-7-8-24-16(20)19-12)18-11-1-3-13(4-2-11)21-6-5-17-15(21)23/h1-4,7-8,10H,5-6,9H2,(H,17,23)(H,18,22). The van der Waals surface area contributed by atoms with Crippen LogP contribution in [0.2, 0.25) is 0 Å². The number of rotatable bonds is 4. The number of amides is 3. The van der Waals surface area contributed by atoms with Gasteiger partial charge in [0.2, 0.25) is 5.91 Å². The van der Waals surface area contributed by atoms with Crippen LogP contribution in [0.25, 0.3) is 4.96 Å². The molecule has 3 heterocycles. The SMILES string of the molecule is O=C(Cc1cn2ccsc2n1)Nc1ccc(N2CCNC2=O)cc1. The first-order chi connectivity index (χ1) is 11.7. The molecule has 1 fully saturated rings. The molecule has 1 aliphatic rings. The van der Waals surface area contributed by atoms with Gasteiger partial charge < -0.3 is 10.6 Å². The van der Waals surface area contributed by atoms with E-state index in [2.05, 4.69) is 15.6 Å². The molecule has 8 heteroatoms. The summed E-state index contributed by atoms with van der Waals surface area (Å²) < 4.78 is 1.91. The molecule has 0 atom stereocenters. The molecule has 1 saturated heterocycles. The summed E-state index contributed by atoms with van der Waals surface area (Å²) in [6.45, 7) is 1.31. The molecule has 2 N–H and O–H groups in total. The van der Waals surface area contributed by atoms with E-state index in [1.54, 1.807) is 17.0 Å². The molecule has 0 aliphatic carbocycles. The van der Waals surface area contributed by atoms with E-state index in [-0.39, 0.29) is 18.4 Å². The van der Waals surface area contributed by atoms with Crippen LogP contribution in [0.15, 0.2) is 42.0 Å². The van der Waals surface area contributed by atoms with Gasteiger partial charge in [-0.2, -0.15) is 0 Å². The molecular formula is C16H15N5O2S. The molecule has 0 saturated carbocycles. The number of nitrogens with zero attached hydrogens (tertiary/aromatic N) is 3. The highest BCUT2D eigenvalue weighted by molar-refractivity contribution is 7.15. The Bertz CT molecular complexity index is 870. The first kappa shape index (κ1) is 14.7. The molecule has 3 amide bonds. The van der Waals surface area contributed by atoms with Gasteiger partial charge in [-0.25, -0.2) is 9.78 Å². The molecule has 0 spiro atoms. The zero-order valence-electron chi connectivity index (χ0n) is 12.7. The highest BCUT2D eigenvalue weighted by Crippen LogP contribution is 2.20. The Kier molecular flexibility index (Phi) is 3.66. The molecule has 0 unspecified atom stereocenters. The molecule has 122 valence electrons. The lowest BCUT2D eigenvalue weighted by atomic mass is 10.2. The quantitative estimate of drug-likeness (QED) is 0.763. The lowest BCUT2D eigenvalue weighted by Gasteiger charge is -2.14. The van der Waals surface area contributed by atoms with Crippen molar-refractivity contribution < 1.29 is 9.59 Å². The Morgan fingerprint density at radius 2 is 2.17 bits per heavy atom. The Labute approximate surface area is 141 Å². The van der Waals surface area contributed by atoms with Crippen LogP contribution in [0.1, 0.15) is 5.69 Å². The molecule has 0 radical (unpaired) electrons. The van der Waals surface area contributed by atoms with Crippen molar-refractivity contribution in [3.8, 4) is 0 Å². The van der Waals surface area contributed by atoms with Gasteiger partial charge in [0, 0.05) is 42.2 Å². The number of fused-ring (bicyclic) bond motifs is 1. The summed E-state index contributed by atoms with van der Waals surface area (Å²) in [5.74, 6) is -0.118. The molecule has 4 rings (SSSR count). The normalized spacial score (nSPS) is 14.2. The number of urea groups is 1. The number of imidazole rings is 1. The zero-order valence-corrected chi connectivity index (χ0v) is 13.5. The van der Waals surface area contributed by atoms with Crippen LogP contribution in [-0.4, -0.2) is 34.4 Å². The molecule has 2 aromatic heterocycles. The van der Waals surface area contributed by atoms with Crippen molar-refractivity contribution in [2.75, 3.05) is 23.3 Å². The summed E-state index contributed by atoms with van der Waals surface area (Å²) in [6.07, 6.45) is 4.01. The van der Waals surface area contributed by atoms with Gasteiger partial charge in [0.05, 0.1) is 12.1 Å². The molecule has 0 bridgehead atoms. The molecule has 3 aromatic rings. The lowest BCUT2D eigenvalue weighted by Crippen LogP contribution is -2.27. The van der Waals surface area contributed by atoms with Crippen molar-refractivity contribution in [1.29, 1.82) is 0 Å². The third kappa shape index (κ3) is 2.83. The third-order valence-corrected chi connectivity index (χ3v) is 4.58. The molecule has 1 aliphatic heterocycles. The van der Waals surface area contributed by atoms with Crippen LogP contribution in [0, 0.1) is 0 Å². The van der Waals surface area contributed by atoms with Gasteiger partial charge in [0.15, 0.2) is 4.96 Å². The number of carbonyl (C=O) groups is 2. The smallest absolute Gasteiger partial charge is 0.321 e. The van der Waals surface area contributed by atoms with Gasteiger partial charge in [0.25, 0.3) is 0 Å². The minimum absolute atomic E-state index is 0.0912. The summed E-state index contributed by atoms with van der Waals surface area (Å²) in [4.78, 5) is 30.7. The largest absolute Gasteiger partial charge is 0.336 e. The van der Waals surface area contributed by atoms with Crippen LogP contribution in [0.3, 0.4) is 0 Å². The second-order valence-corrected chi connectivity index (χ2v) is 6.35. The van der Waals surface area contributed by atoms with E-state index >= 15 is 0 Å². The minimum atomic E-state index is -0.118. The van der Waals surface area contributed by atoms with E-state index in [1.807, 2.05) is 34.3 Å². The molecule has 1 aromatic carbocycles. The fraction of sp³-hybridized carbons (Fsp3) is 0.188. The topological polar surface area (TPSA) is 78.7 Å². The van der Waals surface area contributed by atoms with Crippen LogP contribution in [0.4, 0.5) is 16.2 Å². The maximum absolute atomic E-state index is 12.1. The van der Waals surface area contributed by atoms with E-state index in [0.717, 1.165) is 16.3 Å². The van der Waals surface area contributed by atoms with Crippen molar-refractivity contribution in [2.45, 2.75) is 6.42 Å². The van der Waals surface area contributed by atoms with Gasteiger partial charge in [-0.1, -0.05) is 0 Å². The van der Waals surface area contributed by atoms with Crippen LogP contribution in [-0.2, 0) is 11.2 Å². The van der Waals surface area contributed by atoms with E-state index < -0.39 is 0 Å². The maximum Gasteiger partial charge on any atom is 0.321 e. The van der Waals surface area contributed by atoms with Crippen molar-refractivity contribution in [3.05, 3.63) is 47.7 Å². The Balaban J connectivity index is 1.40. The number of hydrogen-bond donors (Lipinski definition) is 2. The predicted molar refractivity (Wildman–Crippen MR) is 92.6 cm³/mol. The van der Waals surface area contributed by atoms with Crippen molar-refractivity contribution >= 4 is 39.6 Å². The zero-order chi connectivity index (χ0) is 16.5. The Morgan fingerprint density at radius 3 is 2.88 bits per heavy atom. The second kappa shape index (κ2) is 5.97. The van der Waals surface area contributed by atoms with Crippen LogP contribution >= 0.6 is 11.3 Å². The number of benzene rings is 1. The number of anilines is 2. The van der Waals surface area contributed by atoms with Crippen molar-refractivity contribution in [3.63, 3.8) is 0 Å². The first-order valence-electron chi connectivity index (χ1n) is 7.55. The number of carbonyl (C=O) groups excluding carboxylic acids is 2. The monoisotopic (exact) mass is 341 g/mol. The summed E-state index contributed by atoms with van der Waals surface area (Å²) in [5.41, 5.74) is 2.26. The number of thiazole rings is 1. The number of hydrogen-bond acceptors (Lipinski definition) is 4. The van der Waals surface area contributed by atoms with E-state index in [1.165, 1.54) is 11.3 Å². The van der Waals surface area contributed by atoms with Crippen LogP contribution < -0.4 is 15.5 Å². The van der Waals surface area contributed by atoms with Gasteiger partial charge in [-0.05, 0) is 24.3 Å². The minimum Gasteiger partial charge on any atom is -0.336 e. The lowest BCUT2D eigenvalue weighted by molar-refractivity contribution is -0.115. The molecular weight excluding hydrogens is 326 g/mol.